The first-order valence-electron chi connectivity index (χ1n) is 9.00. The average molecular weight is 375 g/mol. The van der Waals surface area contributed by atoms with Crippen LogP contribution >= 0.6 is 11.3 Å². The first kappa shape index (κ1) is 17.6. The highest BCUT2D eigenvalue weighted by Crippen LogP contribution is 2.30. The van der Waals surface area contributed by atoms with E-state index in [9.17, 15) is 0 Å². The molecule has 4 heteroatoms. The highest BCUT2D eigenvalue weighted by molar-refractivity contribution is 7.18. The highest BCUT2D eigenvalue weighted by Gasteiger charge is 2.08. The minimum atomic E-state index is 0.526. The molecule has 0 radical (unpaired) electrons. The number of aryl methyl sites for hydroxylation is 2. The number of para-hydroxylation sites is 1. The van der Waals surface area contributed by atoms with Crippen LogP contribution in [-0.2, 0) is 19.4 Å². The predicted octanol–water partition coefficient (Wildman–Crippen LogP) is 5.67. The van der Waals surface area contributed by atoms with Crippen molar-refractivity contribution in [2.24, 2.45) is 0 Å². The second-order valence-electron chi connectivity index (χ2n) is 6.33. The molecule has 0 bridgehead atoms. The zero-order valence-corrected chi connectivity index (χ0v) is 16.0. The Balaban J connectivity index is 1.46. The van der Waals surface area contributed by atoms with Gasteiger partial charge in [-0.3, -0.25) is 0 Å². The molecule has 0 aliphatic rings. The van der Waals surface area contributed by atoms with Crippen LogP contribution in [0.3, 0.4) is 0 Å². The summed E-state index contributed by atoms with van der Waals surface area (Å²) in [5.74, 6) is 1.54. The van der Waals surface area contributed by atoms with Crippen LogP contribution in [0.15, 0.2) is 72.8 Å². The van der Waals surface area contributed by atoms with Gasteiger partial charge in [0.25, 0.3) is 0 Å². The van der Waals surface area contributed by atoms with Crippen LogP contribution in [-0.4, -0.2) is 12.1 Å². The lowest BCUT2D eigenvalue weighted by molar-refractivity contribution is 0.284. The smallest absolute Gasteiger partial charge is 0.161 e. The molecule has 4 aromatic rings. The topological polar surface area (TPSA) is 31.4 Å². The zero-order chi connectivity index (χ0) is 18.5. The van der Waals surface area contributed by atoms with Gasteiger partial charge in [0.2, 0.25) is 0 Å². The highest BCUT2D eigenvalue weighted by atomic mass is 32.1. The molecule has 0 saturated heterocycles. The van der Waals surface area contributed by atoms with E-state index in [1.165, 1.54) is 15.3 Å². The van der Waals surface area contributed by atoms with Crippen LogP contribution < -0.4 is 9.47 Å². The van der Waals surface area contributed by atoms with Crippen molar-refractivity contribution in [3.05, 3.63) is 88.9 Å². The first-order valence-corrected chi connectivity index (χ1v) is 9.81. The van der Waals surface area contributed by atoms with Gasteiger partial charge in [0.05, 0.1) is 22.3 Å². The molecule has 4 rings (SSSR count). The number of fused-ring (bicyclic) bond motifs is 1. The van der Waals surface area contributed by atoms with E-state index in [4.69, 9.17) is 14.5 Å². The van der Waals surface area contributed by atoms with Gasteiger partial charge in [0.15, 0.2) is 11.5 Å². The van der Waals surface area contributed by atoms with Gasteiger partial charge in [-0.2, -0.15) is 0 Å². The lowest BCUT2D eigenvalue weighted by Gasteiger charge is -2.12. The van der Waals surface area contributed by atoms with Gasteiger partial charge in [0, 0.05) is 6.42 Å². The quantitative estimate of drug-likeness (QED) is 0.417. The standard InChI is InChI=1S/C23H21NO2S/c1-25-20-13-11-17(15-21(20)26-16-18-7-3-2-4-8-18)12-14-23-24-19-9-5-6-10-22(19)27-23/h2-11,13,15H,12,14,16H2,1H3. The summed E-state index contributed by atoms with van der Waals surface area (Å²) in [6, 6.07) is 24.6. The maximum atomic E-state index is 6.02. The van der Waals surface area contributed by atoms with Gasteiger partial charge < -0.3 is 9.47 Å². The SMILES string of the molecule is COc1ccc(CCc2nc3ccccc3s2)cc1OCc1ccccc1. The van der Waals surface area contributed by atoms with Gasteiger partial charge in [-0.25, -0.2) is 4.98 Å². The van der Waals surface area contributed by atoms with E-state index in [0.717, 1.165) is 35.4 Å². The van der Waals surface area contributed by atoms with Crippen LogP contribution in [0.25, 0.3) is 10.2 Å². The van der Waals surface area contributed by atoms with E-state index in [1.54, 1.807) is 18.4 Å². The van der Waals surface area contributed by atoms with Crippen LogP contribution in [0.1, 0.15) is 16.1 Å². The summed E-state index contributed by atoms with van der Waals surface area (Å²) in [7, 11) is 1.67. The summed E-state index contributed by atoms with van der Waals surface area (Å²) in [5, 5.41) is 1.17. The number of nitrogens with zero attached hydrogens (tertiary/aromatic N) is 1. The van der Waals surface area contributed by atoms with Crippen LogP contribution in [0.5, 0.6) is 11.5 Å². The Labute approximate surface area is 163 Å². The van der Waals surface area contributed by atoms with Crippen molar-refractivity contribution in [1.29, 1.82) is 0 Å². The lowest BCUT2D eigenvalue weighted by atomic mass is 10.1. The minimum absolute atomic E-state index is 0.526. The first-order chi connectivity index (χ1) is 13.3. The summed E-state index contributed by atoms with van der Waals surface area (Å²) in [6.45, 7) is 0.526. The molecule has 0 amide bonds. The van der Waals surface area contributed by atoms with Gasteiger partial charge in [-0.05, 0) is 41.8 Å². The molecular formula is C23H21NO2S. The Bertz CT molecular complexity index is 994. The summed E-state index contributed by atoms with van der Waals surface area (Å²) in [6.07, 6.45) is 1.84. The Kier molecular flexibility index (Phi) is 5.35. The molecule has 3 aromatic carbocycles. The van der Waals surface area contributed by atoms with Crippen molar-refractivity contribution in [2.75, 3.05) is 7.11 Å². The fourth-order valence-corrected chi connectivity index (χ4v) is 3.97. The molecule has 136 valence electrons. The predicted molar refractivity (Wildman–Crippen MR) is 111 cm³/mol. The average Bonchev–Trinajstić information content (AvgIpc) is 3.14. The van der Waals surface area contributed by atoms with Crippen molar-refractivity contribution >= 4 is 21.6 Å². The van der Waals surface area contributed by atoms with E-state index in [-0.39, 0.29) is 0 Å². The van der Waals surface area contributed by atoms with E-state index < -0.39 is 0 Å². The molecule has 0 aliphatic carbocycles. The molecule has 0 saturated carbocycles. The molecule has 3 nitrogen and oxygen atoms in total. The second-order valence-corrected chi connectivity index (χ2v) is 7.45. The third kappa shape index (κ3) is 4.29. The number of thiazole rings is 1. The molecule has 0 unspecified atom stereocenters. The molecule has 27 heavy (non-hydrogen) atoms. The molecule has 0 fully saturated rings. The Morgan fingerprint density at radius 2 is 1.63 bits per heavy atom. The van der Waals surface area contributed by atoms with Crippen molar-refractivity contribution in [3.63, 3.8) is 0 Å². The Hall–Kier alpha value is -2.85. The van der Waals surface area contributed by atoms with Crippen LogP contribution in [0.2, 0.25) is 0 Å². The summed E-state index contributed by atoms with van der Waals surface area (Å²) in [4.78, 5) is 4.72. The molecule has 0 N–H and O–H groups in total. The number of aromatic nitrogens is 1. The summed E-state index contributed by atoms with van der Waals surface area (Å²) < 4.78 is 12.7. The monoisotopic (exact) mass is 375 g/mol. The van der Waals surface area contributed by atoms with Gasteiger partial charge in [-0.1, -0.05) is 48.5 Å². The molecular weight excluding hydrogens is 354 g/mol. The number of methoxy groups -OCH3 is 1. The van der Waals surface area contributed by atoms with Gasteiger partial charge in [0.1, 0.15) is 6.61 Å². The summed E-state index contributed by atoms with van der Waals surface area (Å²) in [5.41, 5.74) is 3.44. The normalized spacial score (nSPS) is 10.9. The largest absolute Gasteiger partial charge is 0.493 e. The maximum Gasteiger partial charge on any atom is 0.161 e. The third-order valence-electron chi connectivity index (χ3n) is 4.43. The van der Waals surface area contributed by atoms with Crippen molar-refractivity contribution in [2.45, 2.75) is 19.4 Å². The van der Waals surface area contributed by atoms with Gasteiger partial charge >= 0.3 is 0 Å². The molecule has 1 aromatic heterocycles. The second kappa shape index (κ2) is 8.23. The fourth-order valence-electron chi connectivity index (χ4n) is 3.00. The van der Waals surface area contributed by atoms with Crippen molar-refractivity contribution in [3.8, 4) is 11.5 Å². The van der Waals surface area contributed by atoms with Crippen molar-refractivity contribution in [1.82, 2.24) is 4.98 Å². The lowest BCUT2D eigenvalue weighted by Crippen LogP contribution is -1.99. The maximum absolute atomic E-state index is 6.02. The third-order valence-corrected chi connectivity index (χ3v) is 5.53. The molecule has 0 aliphatic heterocycles. The number of hydrogen-bond acceptors (Lipinski definition) is 4. The van der Waals surface area contributed by atoms with E-state index in [1.807, 2.05) is 30.3 Å². The molecule has 1 heterocycles. The number of ether oxygens (including phenoxy) is 2. The van der Waals surface area contributed by atoms with E-state index in [2.05, 4.69) is 42.5 Å². The fraction of sp³-hybridized carbons (Fsp3) is 0.174. The van der Waals surface area contributed by atoms with Crippen LogP contribution in [0.4, 0.5) is 0 Å². The molecule has 0 atom stereocenters. The van der Waals surface area contributed by atoms with Crippen LogP contribution in [0, 0.1) is 0 Å². The number of rotatable bonds is 7. The van der Waals surface area contributed by atoms with E-state index >= 15 is 0 Å². The Morgan fingerprint density at radius 3 is 2.44 bits per heavy atom. The minimum Gasteiger partial charge on any atom is -0.493 e. The zero-order valence-electron chi connectivity index (χ0n) is 15.2. The molecule has 0 spiro atoms. The Morgan fingerprint density at radius 1 is 0.815 bits per heavy atom. The number of benzene rings is 3. The van der Waals surface area contributed by atoms with E-state index in [0.29, 0.717) is 6.61 Å². The van der Waals surface area contributed by atoms with Gasteiger partial charge in [-0.15, -0.1) is 11.3 Å². The van der Waals surface area contributed by atoms with Crippen molar-refractivity contribution < 1.29 is 9.47 Å². The number of hydrogen-bond donors (Lipinski definition) is 0. The summed E-state index contributed by atoms with van der Waals surface area (Å²) >= 11 is 1.77.